The number of nitrogens with one attached hydrogen (secondary N) is 1. The van der Waals surface area contributed by atoms with E-state index in [1.807, 2.05) is 7.05 Å². The zero-order valence-electron chi connectivity index (χ0n) is 12.8. The average molecular weight is 316 g/mol. The molecule has 0 aliphatic carbocycles. The van der Waals surface area contributed by atoms with Gasteiger partial charge < -0.3 is 4.90 Å². The van der Waals surface area contributed by atoms with Crippen molar-refractivity contribution in [2.75, 3.05) is 18.0 Å². The molecular weight excluding hydrogens is 300 g/mol. The molecule has 1 aliphatic rings. The maximum absolute atomic E-state index is 12.1. The minimum absolute atomic E-state index is 0.260. The van der Waals surface area contributed by atoms with Gasteiger partial charge in [-0.2, -0.15) is 4.98 Å². The van der Waals surface area contributed by atoms with Gasteiger partial charge in [-0.3, -0.25) is 9.78 Å². The first-order chi connectivity index (χ1) is 11.1. The molecule has 4 heterocycles. The molecular formula is C12H16N10O. The van der Waals surface area contributed by atoms with E-state index in [-0.39, 0.29) is 11.1 Å². The summed E-state index contributed by atoms with van der Waals surface area (Å²) in [5.41, 5.74) is 0.484. The molecule has 11 heteroatoms. The molecule has 0 atom stereocenters. The summed E-state index contributed by atoms with van der Waals surface area (Å²) in [5, 5.41) is 19.3. The van der Waals surface area contributed by atoms with Crippen molar-refractivity contribution in [1.82, 2.24) is 45.2 Å². The van der Waals surface area contributed by atoms with Crippen molar-refractivity contribution in [2.24, 2.45) is 14.1 Å². The molecule has 11 nitrogen and oxygen atoms in total. The van der Waals surface area contributed by atoms with E-state index in [0.29, 0.717) is 17.5 Å². The van der Waals surface area contributed by atoms with Gasteiger partial charge in [0.1, 0.15) is 0 Å². The molecule has 0 bridgehead atoms. The zero-order valence-corrected chi connectivity index (χ0v) is 12.8. The van der Waals surface area contributed by atoms with Crippen molar-refractivity contribution in [3.8, 4) is 0 Å². The van der Waals surface area contributed by atoms with Crippen molar-refractivity contribution in [1.29, 1.82) is 0 Å². The Balaban J connectivity index is 1.58. The first-order valence-electron chi connectivity index (χ1n) is 7.40. The van der Waals surface area contributed by atoms with Crippen LogP contribution in [0.15, 0.2) is 4.79 Å². The predicted molar refractivity (Wildman–Crippen MR) is 79.9 cm³/mol. The Kier molecular flexibility index (Phi) is 3.06. The molecule has 1 N–H and O–H groups in total. The molecule has 0 radical (unpaired) electrons. The minimum Gasteiger partial charge on any atom is -0.342 e. The number of hydrogen-bond acceptors (Lipinski definition) is 8. The van der Waals surface area contributed by atoms with Crippen LogP contribution < -0.4 is 10.5 Å². The van der Waals surface area contributed by atoms with Gasteiger partial charge in [0.15, 0.2) is 17.0 Å². The summed E-state index contributed by atoms with van der Waals surface area (Å²) in [4.78, 5) is 21.4. The van der Waals surface area contributed by atoms with Crippen LogP contribution in [0.25, 0.3) is 11.2 Å². The number of H-pyrrole nitrogens is 1. The largest absolute Gasteiger partial charge is 0.342 e. The van der Waals surface area contributed by atoms with E-state index in [9.17, 15) is 4.79 Å². The van der Waals surface area contributed by atoms with Gasteiger partial charge in [-0.25, -0.2) is 9.36 Å². The molecule has 0 amide bonds. The summed E-state index contributed by atoms with van der Waals surface area (Å²) in [6.07, 6.45) is 1.80. The van der Waals surface area contributed by atoms with Crippen LogP contribution >= 0.6 is 0 Å². The third kappa shape index (κ3) is 2.24. The number of anilines is 1. The summed E-state index contributed by atoms with van der Waals surface area (Å²) in [7, 11) is 3.57. The Morgan fingerprint density at radius 1 is 1.09 bits per heavy atom. The predicted octanol–water partition coefficient (Wildman–Crippen LogP) is -1.04. The lowest BCUT2D eigenvalue weighted by atomic mass is 9.96. The Morgan fingerprint density at radius 2 is 1.87 bits per heavy atom. The Hall–Kier alpha value is -2.85. The lowest BCUT2D eigenvalue weighted by molar-refractivity contribution is 0.464. The topological polar surface area (TPSA) is 123 Å². The highest BCUT2D eigenvalue weighted by Crippen LogP contribution is 2.27. The van der Waals surface area contributed by atoms with Crippen LogP contribution in [0.1, 0.15) is 24.6 Å². The van der Waals surface area contributed by atoms with E-state index in [1.54, 1.807) is 11.7 Å². The van der Waals surface area contributed by atoms with E-state index < -0.39 is 0 Å². The molecule has 0 aromatic carbocycles. The van der Waals surface area contributed by atoms with Gasteiger partial charge in [0.25, 0.3) is 5.56 Å². The maximum Gasteiger partial charge on any atom is 0.282 e. The van der Waals surface area contributed by atoms with Gasteiger partial charge in [0.2, 0.25) is 5.95 Å². The Labute approximate surface area is 130 Å². The lowest BCUT2D eigenvalue weighted by Gasteiger charge is -2.31. The van der Waals surface area contributed by atoms with Crippen LogP contribution in [-0.2, 0) is 14.1 Å². The summed E-state index contributed by atoms with van der Waals surface area (Å²) in [5.74, 6) is 1.78. The standard InChI is InChI=1S/C12H16N10O/c1-20-9(16-17-19-20)7-3-5-22(6-4-7)12-13-10-8(11(23)14-12)15-18-21(10)2/h7H,3-6H2,1-2H3,(H,13,14,23). The van der Waals surface area contributed by atoms with E-state index in [1.165, 1.54) is 4.68 Å². The van der Waals surface area contributed by atoms with E-state index in [4.69, 9.17) is 0 Å². The molecule has 0 spiro atoms. The number of hydrogen-bond donors (Lipinski definition) is 1. The van der Waals surface area contributed by atoms with Gasteiger partial charge in [-0.15, -0.1) is 10.2 Å². The highest BCUT2D eigenvalue weighted by molar-refractivity contribution is 5.69. The fourth-order valence-corrected chi connectivity index (χ4v) is 2.99. The molecule has 0 unspecified atom stereocenters. The molecule has 3 aromatic heterocycles. The van der Waals surface area contributed by atoms with Gasteiger partial charge >= 0.3 is 0 Å². The van der Waals surface area contributed by atoms with E-state index >= 15 is 0 Å². The quantitative estimate of drug-likeness (QED) is 0.636. The van der Waals surface area contributed by atoms with Crippen molar-refractivity contribution in [2.45, 2.75) is 18.8 Å². The fourth-order valence-electron chi connectivity index (χ4n) is 2.99. The molecule has 0 saturated carbocycles. The number of aromatic nitrogens is 9. The second-order valence-corrected chi connectivity index (χ2v) is 5.70. The monoisotopic (exact) mass is 316 g/mol. The second-order valence-electron chi connectivity index (χ2n) is 5.70. The normalized spacial score (nSPS) is 16.3. The van der Waals surface area contributed by atoms with Gasteiger partial charge in [-0.05, 0) is 23.3 Å². The second kappa shape index (κ2) is 5.11. The van der Waals surface area contributed by atoms with E-state index in [0.717, 1.165) is 31.8 Å². The third-order valence-electron chi connectivity index (χ3n) is 4.26. The summed E-state index contributed by atoms with van der Waals surface area (Å²) < 4.78 is 3.22. The number of tetrazole rings is 1. The molecule has 3 aromatic rings. The summed E-state index contributed by atoms with van der Waals surface area (Å²) >= 11 is 0. The van der Waals surface area contributed by atoms with E-state index in [2.05, 4.69) is 40.7 Å². The smallest absolute Gasteiger partial charge is 0.282 e. The van der Waals surface area contributed by atoms with Gasteiger partial charge in [0, 0.05) is 33.1 Å². The van der Waals surface area contributed by atoms with Gasteiger partial charge in [0.05, 0.1) is 0 Å². The molecule has 120 valence electrons. The lowest BCUT2D eigenvalue weighted by Crippen LogP contribution is -2.36. The fraction of sp³-hybridized carbons (Fsp3) is 0.583. The van der Waals surface area contributed by atoms with Crippen LogP contribution in [0.3, 0.4) is 0 Å². The summed E-state index contributed by atoms with van der Waals surface area (Å²) in [6, 6.07) is 0. The minimum atomic E-state index is -0.266. The first kappa shape index (κ1) is 13.8. The molecule has 1 saturated heterocycles. The number of aryl methyl sites for hydroxylation is 2. The van der Waals surface area contributed by atoms with Crippen LogP contribution in [0.2, 0.25) is 0 Å². The third-order valence-corrected chi connectivity index (χ3v) is 4.26. The molecule has 23 heavy (non-hydrogen) atoms. The molecule has 4 rings (SSSR count). The summed E-state index contributed by atoms with van der Waals surface area (Å²) in [6.45, 7) is 1.55. The highest BCUT2D eigenvalue weighted by atomic mass is 16.1. The Morgan fingerprint density at radius 3 is 2.57 bits per heavy atom. The van der Waals surface area contributed by atoms with Crippen molar-refractivity contribution >= 4 is 17.1 Å². The average Bonchev–Trinajstić information content (AvgIpc) is 3.14. The Bertz CT molecular complexity index is 900. The first-order valence-corrected chi connectivity index (χ1v) is 7.40. The number of rotatable bonds is 2. The van der Waals surface area contributed by atoms with Crippen LogP contribution in [0.5, 0.6) is 0 Å². The van der Waals surface area contributed by atoms with Crippen LogP contribution in [0.4, 0.5) is 5.95 Å². The van der Waals surface area contributed by atoms with Crippen molar-refractivity contribution in [3.05, 3.63) is 16.2 Å². The number of fused-ring (bicyclic) bond motifs is 1. The maximum atomic E-state index is 12.1. The zero-order chi connectivity index (χ0) is 16.0. The molecule has 1 aliphatic heterocycles. The van der Waals surface area contributed by atoms with Crippen molar-refractivity contribution < 1.29 is 0 Å². The number of aromatic amines is 1. The van der Waals surface area contributed by atoms with Gasteiger partial charge in [-0.1, -0.05) is 5.21 Å². The molecule has 1 fully saturated rings. The number of nitrogens with zero attached hydrogens (tertiary/aromatic N) is 9. The highest BCUT2D eigenvalue weighted by Gasteiger charge is 2.26. The van der Waals surface area contributed by atoms with Crippen LogP contribution in [0, 0.1) is 0 Å². The van der Waals surface area contributed by atoms with Crippen LogP contribution in [-0.4, -0.2) is 58.3 Å². The SMILES string of the molecule is Cn1nnnc1C1CCN(c2nc3c(nnn3C)c(=O)[nH]2)CC1. The van der Waals surface area contributed by atoms with Crippen molar-refractivity contribution in [3.63, 3.8) is 0 Å². The number of piperidine rings is 1.